The first-order valence-corrected chi connectivity index (χ1v) is 9.03. The zero-order valence-electron chi connectivity index (χ0n) is 14.1. The van der Waals surface area contributed by atoms with Crippen LogP contribution in [0.5, 0.6) is 0 Å². The lowest BCUT2D eigenvalue weighted by Gasteiger charge is -2.12. The third kappa shape index (κ3) is 3.70. The molecule has 0 unspecified atom stereocenters. The lowest BCUT2D eigenvalue weighted by molar-refractivity contribution is 0.0827. The first-order chi connectivity index (χ1) is 12.4. The van der Waals surface area contributed by atoms with Crippen molar-refractivity contribution in [3.8, 4) is 5.69 Å². The van der Waals surface area contributed by atoms with E-state index in [1.807, 2.05) is 0 Å². The molecule has 0 aliphatic heterocycles. The van der Waals surface area contributed by atoms with Crippen LogP contribution in [0.25, 0.3) is 5.69 Å². The maximum Gasteiger partial charge on any atom is 0.261 e. The highest BCUT2D eigenvalue weighted by molar-refractivity contribution is 7.92. The third-order valence-corrected chi connectivity index (χ3v) is 4.91. The summed E-state index contributed by atoms with van der Waals surface area (Å²) in [5.41, 5.74) is 1.34. The molecule has 9 nitrogen and oxygen atoms in total. The second-order valence-electron chi connectivity index (χ2n) is 5.63. The molecule has 0 saturated carbocycles. The minimum absolute atomic E-state index is 0.0685. The van der Waals surface area contributed by atoms with Gasteiger partial charge in [-0.05, 0) is 52.9 Å². The highest BCUT2D eigenvalue weighted by atomic mass is 32.2. The van der Waals surface area contributed by atoms with Gasteiger partial charge < -0.3 is 4.90 Å². The Morgan fingerprint density at radius 1 is 1.12 bits per heavy atom. The molecule has 3 rings (SSSR count). The number of carbonyl (C=O) groups is 1. The van der Waals surface area contributed by atoms with Gasteiger partial charge in [0, 0.05) is 25.3 Å². The van der Waals surface area contributed by atoms with Crippen molar-refractivity contribution in [1.82, 2.24) is 25.1 Å². The largest absolute Gasteiger partial charge is 0.345 e. The SMILES string of the molecule is CN(C)C(=O)c1ccc(NS(=O)(=O)c2cccc(-n3cnnn3)c2)cc1. The third-order valence-electron chi connectivity index (χ3n) is 3.53. The van der Waals surface area contributed by atoms with E-state index in [0.717, 1.165) is 0 Å². The molecular weight excluding hydrogens is 356 g/mol. The molecule has 10 heteroatoms. The topological polar surface area (TPSA) is 110 Å². The van der Waals surface area contributed by atoms with Crippen LogP contribution >= 0.6 is 0 Å². The monoisotopic (exact) mass is 372 g/mol. The van der Waals surface area contributed by atoms with Crippen LogP contribution < -0.4 is 4.72 Å². The van der Waals surface area contributed by atoms with Gasteiger partial charge in [-0.15, -0.1) is 5.10 Å². The van der Waals surface area contributed by atoms with Crippen molar-refractivity contribution in [2.24, 2.45) is 0 Å². The van der Waals surface area contributed by atoms with Gasteiger partial charge in [0.2, 0.25) is 0 Å². The van der Waals surface area contributed by atoms with E-state index < -0.39 is 10.0 Å². The Morgan fingerprint density at radius 2 is 1.85 bits per heavy atom. The summed E-state index contributed by atoms with van der Waals surface area (Å²) in [5, 5.41) is 10.8. The molecule has 0 spiro atoms. The Balaban J connectivity index is 1.83. The Hall–Kier alpha value is -3.27. The first-order valence-electron chi connectivity index (χ1n) is 7.55. The molecule has 0 saturated heterocycles. The molecule has 2 aromatic carbocycles. The summed E-state index contributed by atoms with van der Waals surface area (Å²) in [6, 6.07) is 12.4. The first kappa shape index (κ1) is 17.5. The lowest BCUT2D eigenvalue weighted by Crippen LogP contribution is -2.21. The Kier molecular flexibility index (Phi) is 4.67. The number of nitrogens with zero attached hydrogens (tertiary/aromatic N) is 5. The highest BCUT2D eigenvalue weighted by Gasteiger charge is 2.16. The van der Waals surface area contributed by atoms with Crippen LogP contribution in [0.2, 0.25) is 0 Å². The smallest absolute Gasteiger partial charge is 0.261 e. The zero-order valence-corrected chi connectivity index (χ0v) is 14.9. The Morgan fingerprint density at radius 3 is 2.46 bits per heavy atom. The average molecular weight is 372 g/mol. The van der Waals surface area contributed by atoms with Crippen molar-refractivity contribution in [2.45, 2.75) is 4.90 Å². The van der Waals surface area contributed by atoms with Gasteiger partial charge in [0.05, 0.1) is 10.6 Å². The van der Waals surface area contributed by atoms with Crippen molar-refractivity contribution >= 4 is 21.6 Å². The van der Waals surface area contributed by atoms with Crippen molar-refractivity contribution in [3.05, 3.63) is 60.4 Å². The number of rotatable bonds is 5. The normalized spacial score (nSPS) is 11.2. The summed E-state index contributed by atoms with van der Waals surface area (Å²) in [6.07, 6.45) is 1.37. The summed E-state index contributed by atoms with van der Waals surface area (Å²) in [5.74, 6) is -0.159. The second kappa shape index (κ2) is 6.92. The van der Waals surface area contributed by atoms with Gasteiger partial charge >= 0.3 is 0 Å². The Bertz CT molecular complexity index is 1010. The molecule has 134 valence electrons. The summed E-state index contributed by atoms with van der Waals surface area (Å²) >= 11 is 0. The van der Waals surface area contributed by atoms with E-state index in [-0.39, 0.29) is 10.8 Å². The van der Waals surface area contributed by atoms with Crippen molar-refractivity contribution in [2.75, 3.05) is 18.8 Å². The fraction of sp³-hybridized carbons (Fsp3) is 0.125. The maximum atomic E-state index is 12.6. The number of carbonyl (C=O) groups excluding carboxylic acids is 1. The van der Waals surface area contributed by atoms with Gasteiger partial charge in [0.15, 0.2) is 0 Å². The standard InChI is InChI=1S/C16H16N6O3S/c1-21(2)16(23)12-6-8-13(9-7-12)18-26(24,25)15-5-3-4-14(10-15)22-11-17-19-20-22/h3-11,18H,1-2H3. The number of hydrogen-bond donors (Lipinski definition) is 1. The molecule has 0 radical (unpaired) electrons. The van der Waals surface area contributed by atoms with E-state index in [1.54, 1.807) is 50.5 Å². The summed E-state index contributed by atoms with van der Waals surface area (Å²) < 4.78 is 29.1. The molecule has 1 aromatic heterocycles. The van der Waals surface area contributed by atoms with E-state index >= 15 is 0 Å². The molecular formula is C16H16N6O3S. The number of tetrazole rings is 1. The number of benzene rings is 2. The van der Waals surface area contributed by atoms with Gasteiger partial charge in [-0.2, -0.15) is 0 Å². The Labute approximate surface area is 150 Å². The maximum absolute atomic E-state index is 12.6. The van der Waals surface area contributed by atoms with Crippen LogP contribution in [0, 0.1) is 0 Å². The quantitative estimate of drug-likeness (QED) is 0.720. The minimum Gasteiger partial charge on any atom is -0.345 e. The van der Waals surface area contributed by atoms with Gasteiger partial charge in [0.25, 0.3) is 15.9 Å². The number of nitrogens with one attached hydrogen (secondary N) is 1. The van der Waals surface area contributed by atoms with Crippen molar-refractivity contribution < 1.29 is 13.2 Å². The van der Waals surface area contributed by atoms with E-state index in [4.69, 9.17) is 0 Å². The molecule has 3 aromatic rings. The van der Waals surface area contributed by atoms with Crippen molar-refractivity contribution in [3.63, 3.8) is 0 Å². The number of anilines is 1. The predicted molar refractivity (Wildman–Crippen MR) is 94.4 cm³/mol. The van der Waals surface area contributed by atoms with Crippen LogP contribution in [0.15, 0.2) is 59.8 Å². The molecule has 0 aliphatic carbocycles. The minimum atomic E-state index is -3.80. The van der Waals surface area contributed by atoms with Gasteiger partial charge in [-0.25, -0.2) is 13.1 Å². The number of hydrogen-bond acceptors (Lipinski definition) is 6. The van der Waals surface area contributed by atoms with Crippen molar-refractivity contribution in [1.29, 1.82) is 0 Å². The molecule has 0 fully saturated rings. The molecule has 0 bridgehead atoms. The van der Waals surface area contributed by atoms with Crippen LogP contribution in [-0.4, -0.2) is 53.5 Å². The highest BCUT2D eigenvalue weighted by Crippen LogP contribution is 2.19. The van der Waals surface area contributed by atoms with Crippen LogP contribution in [0.3, 0.4) is 0 Å². The number of amides is 1. The number of aromatic nitrogens is 4. The molecule has 1 amide bonds. The van der Waals surface area contributed by atoms with Gasteiger partial charge in [-0.1, -0.05) is 6.07 Å². The second-order valence-corrected chi connectivity index (χ2v) is 7.32. The zero-order chi connectivity index (χ0) is 18.7. The fourth-order valence-electron chi connectivity index (χ4n) is 2.23. The molecule has 26 heavy (non-hydrogen) atoms. The molecule has 1 heterocycles. The summed E-state index contributed by atoms with van der Waals surface area (Å²) in [4.78, 5) is 13.4. The van der Waals surface area contributed by atoms with Gasteiger partial charge in [0.1, 0.15) is 6.33 Å². The van der Waals surface area contributed by atoms with E-state index in [2.05, 4.69) is 20.2 Å². The lowest BCUT2D eigenvalue weighted by atomic mass is 10.2. The average Bonchev–Trinajstić information content (AvgIpc) is 3.16. The van der Waals surface area contributed by atoms with E-state index in [1.165, 1.54) is 28.0 Å². The summed E-state index contributed by atoms with van der Waals surface area (Å²) in [7, 11) is -0.505. The van der Waals surface area contributed by atoms with E-state index in [9.17, 15) is 13.2 Å². The summed E-state index contributed by atoms with van der Waals surface area (Å²) in [6.45, 7) is 0. The molecule has 0 aliphatic rings. The fourth-order valence-corrected chi connectivity index (χ4v) is 3.32. The van der Waals surface area contributed by atoms with Crippen LogP contribution in [-0.2, 0) is 10.0 Å². The van der Waals surface area contributed by atoms with Crippen LogP contribution in [0.1, 0.15) is 10.4 Å². The predicted octanol–water partition coefficient (Wildman–Crippen LogP) is 1.16. The van der Waals surface area contributed by atoms with Crippen LogP contribution in [0.4, 0.5) is 5.69 Å². The number of sulfonamides is 1. The molecule has 0 atom stereocenters. The van der Waals surface area contributed by atoms with Gasteiger partial charge in [-0.3, -0.25) is 9.52 Å². The molecule has 1 N–H and O–H groups in total. The van der Waals surface area contributed by atoms with E-state index in [0.29, 0.717) is 16.9 Å².